The Hall–Kier alpha value is -3.66. The quantitative estimate of drug-likeness (QED) is 0.437. The first-order chi connectivity index (χ1) is 19.8. The summed E-state index contributed by atoms with van der Waals surface area (Å²) in [5.74, 6) is -0.688. The first-order valence-electron chi connectivity index (χ1n) is 14.7. The van der Waals surface area contributed by atoms with Gasteiger partial charge in [0, 0.05) is 57.6 Å². The van der Waals surface area contributed by atoms with Gasteiger partial charge in [-0.15, -0.1) is 0 Å². The molecule has 4 rings (SSSR count). The lowest BCUT2D eigenvalue weighted by atomic mass is 10.0. The molecule has 2 aromatic rings. The van der Waals surface area contributed by atoms with Gasteiger partial charge in [-0.1, -0.05) is 57.5 Å². The van der Waals surface area contributed by atoms with Crippen molar-refractivity contribution in [3.63, 3.8) is 0 Å². The SMILES string of the molecule is CCCCOC(=O)N1CCN(C(=O)C(NC(=O)c2cc(N3CCC(OC)C3)cc(-c3ccccc3)n2)C(C)C)CC1. The number of hydrogen-bond acceptors (Lipinski definition) is 7. The van der Waals surface area contributed by atoms with E-state index < -0.39 is 11.9 Å². The molecule has 2 atom stereocenters. The number of ether oxygens (including phenoxy) is 2. The van der Waals surface area contributed by atoms with E-state index in [9.17, 15) is 14.4 Å². The van der Waals surface area contributed by atoms with Gasteiger partial charge in [-0.3, -0.25) is 9.59 Å². The molecule has 41 heavy (non-hydrogen) atoms. The van der Waals surface area contributed by atoms with Crippen molar-refractivity contribution < 1.29 is 23.9 Å². The highest BCUT2D eigenvalue weighted by atomic mass is 16.6. The third-order valence-corrected chi connectivity index (χ3v) is 7.75. The van der Waals surface area contributed by atoms with Gasteiger partial charge in [-0.25, -0.2) is 9.78 Å². The second-order valence-corrected chi connectivity index (χ2v) is 11.0. The molecule has 0 aliphatic carbocycles. The number of piperazine rings is 1. The summed E-state index contributed by atoms with van der Waals surface area (Å²) in [6.45, 7) is 9.42. The lowest BCUT2D eigenvalue weighted by Gasteiger charge is -2.36. The Morgan fingerprint density at radius 3 is 2.37 bits per heavy atom. The molecule has 3 heterocycles. The summed E-state index contributed by atoms with van der Waals surface area (Å²) in [7, 11) is 1.72. The Bertz CT molecular complexity index is 1180. The normalized spacial score (nSPS) is 18.0. The first kappa shape index (κ1) is 30.3. The molecule has 0 radical (unpaired) electrons. The van der Waals surface area contributed by atoms with Gasteiger partial charge >= 0.3 is 6.09 Å². The summed E-state index contributed by atoms with van der Waals surface area (Å²) >= 11 is 0. The fourth-order valence-electron chi connectivity index (χ4n) is 5.16. The Labute approximate surface area is 243 Å². The van der Waals surface area contributed by atoms with Crippen LogP contribution in [0.15, 0.2) is 42.5 Å². The molecule has 2 saturated heterocycles. The Morgan fingerprint density at radius 1 is 1.02 bits per heavy atom. The molecule has 10 nitrogen and oxygen atoms in total. The standard InChI is InChI=1S/C31H43N5O5/c1-5-6-18-41-31(39)35-16-14-34(15-17-35)30(38)28(22(2)3)33-29(37)27-20-24(36-13-12-25(21-36)40-4)19-26(32-27)23-10-8-7-9-11-23/h7-11,19-20,22,25,28H,5-6,12-18,21H2,1-4H3,(H,33,37). The van der Waals surface area contributed by atoms with Gasteiger partial charge in [0.05, 0.1) is 18.4 Å². The molecule has 3 amide bonds. The van der Waals surface area contributed by atoms with Crippen LogP contribution in [0.25, 0.3) is 11.3 Å². The smallest absolute Gasteiger partial charge is 0.409 e. The minimum atomic E-state index is -0.721. The van der Waals surface area contributed by atoms with Crippen LogP contribution in [0.3, 0.4) is 0 Å². The maximum Gasteiger partial charge on any atom is 0.409 e. The Balaban J connectivity index is 1.47. The molecule has 2 fully saturated rings. The number of carbonyl (C=O) groups excluding carboxylic acids is 3. The number of benzene rings is 1. The number of carbonyl (C=O) groups is 3. The van der Waals surface area contributed by atoms with E-state index in [1.165, 1.54) is 0 Å². The van der Waals surface area contributed by atoms with Gasteiger partial charge in [0.1, 0.15) is 11.7 Å². The van der Waals surface area contributed by atoms with E-state index in [2.05, 4.69) is 10.2 Å². The van der Waals surface area contributed by atoms with Crippen LogP contribution >= 0.6 is 0 Å². The number of hydrogen-bond donors (Lipinski definition) is 1. The van der Waals surface area contributed by atoms with Crippen LogP contribution < -0.4 is 10.2 Å². The maximum atomic E-state index is 13.6. The van der Waals surface area contributed by atoms with Gasteiger partial charge in [0.2, 0.25) is 5.91 Å². The molecule has 222 valence electrons. The number of amides is 3. The summed E-state index contributed by atoms with van der Waals surface area (Å²) in [5.41, 5.74) is 2.77. The highest BCUT2D eigenvalue weighted by Gasteiger charge is 2.33. The summed E-state index contributed by atoms with van der Waals surface area (Å²) in [6, 6.07) is 12.8. The van der Waals surface area contributed by atoms with Crippen molar-refractivity contribution in [2.45, 2.75) is 52.2 Å². The Morgan fingerprint density at radius 2 is 1.73 bits per heavy atom. The van der Waals surface area contributed by atoms with E-state index in [0.717, 1.165) is 43.6 Å². The van der Waals surface area contributed by atoms with Crippen LogP contribution in [0.2, 0.25) is 0 Å². The third kappa shape index (κ3) is 7.75. The van der Waals surface area contributed by atoms with Crippen LogP contribution in [0.1, 0.15) is 50.5 Å². The van der Waals surface area contributed by atoms with Gasteiger partial charge in [0.25, 0.3) is 5.91 Å². The van der Waals surface area contributed by atoms with Crippen molar-refractivity contribution >= 4 is 23.6 Å². The fourth-order valence-corrected chi connectivity index (χ4v) is 5.16. The molecular weight excluding hydrogens is 522 g/mol. The van der Waals surface area contributed by atoms with E-state index in [1.54, 1.807) is 23.0 Å². The van der Waals surface area contributed by atoms with E-state index in [1.807, 2.05) is 57.2 Å². The third-order valence-electron chi connectivity index (χ3n) is 7.75. The molecule has 1 aromatic heterocycles. The predicted octanol–water partition coefficient (Wildman–Crippen LogP) is 3.81. The number of anilines is 1. The molecule has 0 bridgehead atoms. The van der Waals surface area contributed by atoms with Crippen LogP contribution in [0, 0.1) is 5.92 Å². The van der Waals surface area contributed by atoms with Gasteiger partial charge in [-0.2, -0.15) is 0 Å². The van der Waals surface area contributed by atoms with Crippen molar-refractivity contribution in [2.75, 3.05) is 57.9 Å². The number of methoxy groups -OCH3 is 1. The molecule has 1 aromatic carbocycles. The fraction of sp³-hybridized carbons (Fsp3) is 0.548. The van der Waals surface area contributed by atoms with Crippen molar-refractivity contribution in [1.82, 2.24) is 20.1 Å². The zero-order valence-corrected chi connectivity index (χ0v) is 24.7. The van der Waals surface area contributed by atoms with Crippen LogP contribution in [-0.4, -0.2) is 97.8 Å². The summed E-state index contributed by atoms with van der Waals surface area (Å²) in [4.78, 5) is 49.8. The van der Waals surface area contributed by atoms with Crippen LogP contribution in [-0.2, 0) is 14.3 Å². The molecule has 10 heteroatoms. The molecule has 0 spiro atoms. The molecule has 2 aliphatic rings. The minimum Gasteiger partial charge on any atom is -0.449 e. The number of aromatic nitrogens is 1. The molecular formula is C31H43N5O5. The van der Waals surface area contributed by atoms with Crippen LogP contribution in [0.5, 0.6) is 0 Å². The largest absolute Gasteiger partial charge is 0.449 e. The van der Waals surface area contributed by atoms with Crippen molar-refractivity contribution in [1.29, 1.82) is 0 Å². The monoisotopic (exact) mass is 565 g/mol. The lowest BCUT2D eigenvalue weighted by Crippen LogP contribution is -2.57. The van der Waals surface area contributed by atoms with Crippen molar-refractivity contribution in [3.05, 3.63) is 48.2 Å². The molecule has 1 N–H and O–H groups in total. The van der Waals surface area contributed by atoms with Crippen LogP contribution in [0.4, 0.5) is 10.5 Å². The van der Waals surface area contributed by atoms with Gasteiger partial charge < -0.3 is 29.5 Å². The van der Waals surface area contributed by atoms with E-state index in [0.29, 0.717) is 38.5 Å². The Kier molecular flexibility index (Phi) is 10.6. The topological polar surface area (TPSA) is 104 Å². The van der Waals surface area contributed by atoms with Crippen molar-refractivity contribution in [3.8, 4) is 11.3 Å². The highest BCUT2D eigenvalue weighted by Crippen LogP contribution is 2.28. The highest BCUT2D eigenvalue weighted by molar-refractivity contribution is 5.97. The summed E-state index contributed by atoms with van der Waals surface area (Å²) in [5, 5.41) is 2.97. The average Bonchev–Trinajstić information content (AvgIpc) is 3.49. The molecule has 2 unspecified atom stereocenters. The van der Waals surface area contributed by atoms with E-state index in [4.69, 9.17) is 14.5 Å². The van der Waals surface area contributed by atoms with Crippen molar-refractivity contribution in [2.24, 2.45) is 5.92 Å². The average molecular weight is 566 g/mol. The zero-order valence-electron chi connectivity index (χ0n) is 24.7. The first-order valence-corrected chi connectivity index (χ1v) is 14.7. The molecule has 0 saturated carbocycles. The lowest BCUT2D eigenvalue weighted by molar-refractivity contribution is -0.135. The predicted molar refractivity (Wildman–Crippen MR) is 158 cm³/mol. The number of unbranched alkanes of at least 4 members (excludes halogenated alkanes) is 1. The van der Waals surface area contributed by atoms with E-state index in [-0.39, 0.29) is 29.7 Å². The minimum absolute atomic E-state index is 0.138. The van der Waals surface area contributed by atoms with E-state index >= 15 is 0 Å². The number of pyridine rings is 1. The number of nitrogens with zero attached hydrogens (tertiary/aromatic N) is 4. The second-order valence-electron chi connectivity index (χ2n) is 11.0. The zero-order chi connectivity index (χ0) is 29.4. The number of rotatable bonds is 10. The van der Waals surface area contributed by atoms with Gasteiger partial charge in [0.15, 0.2) is 0 Å². The van der Waals surface area contributed by atoms with Gasteiger partial charge in [-0.05, 0) is 30.9 Å². The maximum absolute atomic E-state index is 13.6. The summed E-state index contributed by atoms with van der Waals surface area (Å²) < 4.78 is 10.9. The number of nitrogens with one attached hydrogen (secondary N) is 1. The summed E-state index contributed by atoms with van der Waals surface area (Å²) in [6.07, 6.45) is 2.50. The molecule has 2 aliphatic heterocycles. The second kappa shape index (κ2) is 14.3.